The first kappa shape index (κ1) is 21.8. The van der Waals surface area contributed by atoms with Crippen molar-refractivity contribution >= 4 is 5.97 Å². The van der Waals surface area contributed by atoms with E-state index in [4.69, 9.17) is 0 Å². The highest BCUT2D eigenvalue weighted by atomic mass is 16.4. The molecule has 0 saturated carbocycles. The van der Waals surface area contributed by atoms with Crippen LogP contribution in [0.3, 0.4) is 0 Å². The van der Waals surface area contributed by atoms with Gasteiger partial charge < -0.3 is 15.5 Å². The van der Waals surface area contributed by atoms with Gasteiger partial charge in [0.15, 0.2) is 0 Å². The summed E-state index contributed by atoms with van der Waals surface area (Å²) in [4.78, 5) is 11.3. The second-order valence-electron chi connectivity index (χ2n) is 7.50. The lowest BCUT2D eigenvalue weighted by Crippen LogP contribution is -2.23. The Labute approximate surface area is 178 Å². The fourth-order valence-corrected chi connectivity index (χ4v) is 3.60. The summed E-state index contributed by atoms with van der Waals surface area (Å²) in [6.07, 6.45) is 2.20. The van der Waals surface area contributed by atoms with E-state index in [1.807, 2.05) is 36.4 Å². The van der Waals surface area contributed by atoms with Gasteiger partial charge in [0, 0.05) is 6.54 Å². The zero-order chi connectivity index (χ0) is 21.3. The molecule has 0 aliphatic carbocycles. The maximum atomic E-state index is 11.3. The van der Waals surface area contributed by atoms with Crippen molar-refractivity contribution in [3.63, 3.8) is 0 Å². The molecule has 3 N–H and O–H groups in total. The lowest BCUT2D eigenvalue weighted by atomic mass is 9.94. The molecule has 0 heterocycles. The van der Waals surface area contributed by atoms with Crippen molar-refractivity contribution < 1.29 is 15.0 Å². The number of carboxylic acid groups (broad SMARTS) is 1. The largest absolute Gasteiger partial charge is 0.478 e. The van der Waals surface area contributed by atoms with Gasteiger partial charge >= 0.3 is 5.97 Å². The van der Waals surface area contributed by atoms with Crippen molar-refractivity contribution in [2.24, 2.45) is 0 Å². The van der Waals surface area contributed by atoms with Crippen LogP contribution < -0.4 is 5.32 Å². The molecule has 0 aliphatic heterocycles. The van der Waals surface area contributed by atoms with Crippen LogP contribution in [0.1, 0.15) is 46.5 Å². The minimum atomic E-state index is -0.890. The maximum Gasteiger partial charge on any atom is 0.335 e. The Balaban J connectivity index is 1.58. The van der Waals surface area contributed by atoms with Crippen LogP contribution in [0.15, 0.2) is 72.8 Å². The lowest BCUT2D eigenvalue weighted by Gasteiger charge is -2.13. The molecule has 1 atom stereocenters. The third-order valence-corrected chi connectivity index (χ3v) is 5.25. The number of carboxylic acids is 1. The first-order valence-corrected chi connectivity index (χ1v) is 10.5. The van der Waals surface area contributed by atoms with Gasteiger partial charge in [0.25, 0.3) is 0 Å². The molecule has 156 valence electrons. The van der Waals surface area contributed by atoms with Gasteiger partial charge in [0.1, 0.15) is 0 Å². The van der Waals surface area contributed by atoms with Crippen LogP contribution in [0.2, 0.25) is 0 Å². The van der Waals surface area contributed by atoms with Gasteiger partial charge in [-0.25, -0.2) is 4.79 Å². The summed E-state index contributed by atoms with van der Waals surface area (Å²) in [5, 5.41) is 22.8. The summed E-state index contributed by atoms with van der Waals surface area (Å²) in [6, 6.07) is 23.5. The molecule has 0 aliphatic rings. The normalized spacial score (nSPS) is 11.9. The van der Waals surface area contributed by atoms with Crippen molar-refractivity contribution in [2.75, 3.05) is 13.1 Å². The summed E-state index contributed by atoms with van der Waals surface area (Å²) in [6.45, 7) is 3.41. The Morgan fingerprint density at radius 3 is 2.37 bits per heavy atom. The van der Waals surface area contributed by atoms with E-state index in [2.05, 4.69) is 36.5 Å². The number of carbonyl (C=O) groups is 1. The van der Waals surface area contributed by atoms with E-state index in [-0.39, 0.29) is 0 Å². The smallest absolute Gasteiger partial charge is 0.335 e. The van der Waals surface area contributed by atoms with Crippen LogP contribution in [0, 0.1) is 0 Å². The quantitative estimate of drug-likeness (QED) is 0.423. The predicted octanol–water partition coefficient (Wildman–Crippen LogP) is 4.87. The molecule has 4 heteroatoms. The molecule has 4 nitrogen and oxygen atoms in total. The maximum absolute atomic E-state index is 11.3. The van der Waals surface area contributed by atoms with Crippen molar-refractivity contribution in [1.82, 2.24) is 5.32 Å². The van der Waals surface area contributed by atoms with Gasteiger partial charge in [0.05, 0.1) is 11.7 Å². The van der Waals surface area contributed by atoms with Gasteiger partial charge in [-0.15, -0.1) is 0 Å². The summed E-state index contributed by atoms with van der Waals surface area (Å²) >= 11 is 0. The molecular weight excluding hydrogens is 374 g/mol. The fraction of sp³-hybridized carbons (Fsp3) is 0.269. The molecule has 0 fully saturated rings. The standard InChI is InChI=1S/C26H29NO3/c1-2-6-22-17-23(26(29)30)13-14-24(22)20-11-9-19(10-12-20)15-16-27-18-25(28)21-7-4-3-5-8-21/h3-5,7-14,17,25,27-28H,2,6,15-16,18H2,1H3,(H,29,30)/t25-/m1/s1. The number of hydrogen-bond donors (Lipinski definition) is 3. The molecule has 0 saturated heterocycles. The molecular formula is C26H29NO3. The molecule has 0 amide bonds. The molecule has 3 aromatic carbocycles. The van der Waals surface area contributed by atoms with Gasteiger partial charge in [-0.2, -0.15) is 0 Å². The molecule has 0 aromatic heterocycles. The number of aliphatic hydroxyl groups is 1. The topological polar surface area (TPSA) is 69.6 Å². The lowest BCUT2D eigenvalue weighted by molar-refractivity contribution is 0.0696. The van der Waals surface area contributed by atoms with Gasteiger partial charge in [-0.1, -0.05) is 74.0 Å². The van der Waals surface area contributed by atoms with Crippen LogP contribution in [0.5, 0.6) is 0 Å². The van der Waals surface area contributed by atoms with E-state index < -0.39 is 12.1 Å². The fourth-order valence-electron chi connectivity index (χ4n) is 3.60. The van der Waals surface area contributed by atoms with E-state index >= 15 is 0 Å². The van der Waals surface area contributed by atoms with Crippen molar-refractivity contribution in [2.45, 2.75) is 32.3 Å². The zero-order valence-electron chi connectivity index (χ0n) is 17.3. The van der Waals surface area contributed by atoms with Crippen LogP contribution in [0.4, 0.5) is 0 Å². The summed E-state index contributed by atoms with van der Waals surface area (Å²) < 4.78 is 0. The van der Waals surface area contributed by atoms with Gasteiger partial charge in [0.2, 0.25) is 0 Å². The van der Waals surface area contributed by atoms with Crippen LogP contribution in [-0.2, 0) is 12.8 Å². The van der Waals surface area contributed by atoms with E-state index in [1.165, 1.54) is 5.56 Å². The highest BCUT2D eigenvalue weighted by molar-refractivity contribution is 5.89. The zero-order valence-corrected chi connectivity index (χ0v) is 17.3. The highest BCUT2D eigenvalue weighted by Crippen LogP contribution is 2.26. The molecule has 3 aromatic rings. The summed E-state index contributed by atoms with van der Waals surface area (Å²) in [7, 11) is 0. The Morgan fingerprint density at radius 2 is 1.70 bits per heavy atom. The number of nitrogens with one attached hydrogen (secondary N) is 1. The van der Waals surface area contributed by atoms with Crippen LogP contribution in [0.25, 0.3) is 11.1 Å². The number of aryl methyl sites for hydroxylation is 1. The van der Waals surface area contributed by atoms with Crippen molar-refractivity contribution in [3.8, 4) is 11.1 Å². The Kier molecular flexibility index (Phi) is 7.77. The predicted molar refractivity (Wildman–Crippen MR) is 121 cm³/mol. The van der Waals surface area contributed by atoms with E-state index in [0.29, 0.717) is 12.1 Å². The van der Waals surface area contributed by atoms with E-state index in [9.17, 15) is 15.0 Å². The molecule has 0 unspecified atom stereocenters. The highest BCUT2D eigenvalue weighted by Gasteiger charge is 2.10. The molecule has 0 spiro atoms. The Morgan fingerprint density at radius 1 is 0.967 bits per heavy atom. The molecule has 3 rings (SSSR count). The SMILES string of the molecule is CCCc1cc(C(=O)O)ccc1-c1ccc(CCNC[C@@H](O)c2ccccc2)cc1. The van der Waals surface area contributed by atoms with Crippen LogP contribution >= 0.6 is 0 Å². The average Bonchev–Trinajstić information content (AvgIpc) is 2.78. The minimum absolute atomic E-state index is 0.336. The Bertz CT molecular complexity index is 952. The van der Waals surface area contributed by atoms with Gasteiger partial charge in [-0.3, -0.25) is 0 Å². The minimum Gasteiger partial charge on any atom is -0.478 e. The molecule has 0 bridgehead atoms. The molecule has 30 heavy (non-hydrogen) atoms. The third kappa shape index (κ3) is 5.78. The first-order valence-electron chi connectivity index (χ1n) is 10.5. The number of aliphatic hydroxyl groups excluding tert-OH is 1. The van der Waals surface area contributed by atoms with E-state index in [0.717, 1.165) is 48.1 Å². The second kappa shape index (κ2) is 10.7. The average molecular weight is 404 g/mol. The summed E-state index contributed by atoms with van der Waals surface area (Å²) in [5.41, 5.74) is 5.75. The Hall–Kier alpha value is -2.95. The number of hydrogen-bond acceptors (Lipinski definition) is 3. The van der Waals surface area contributed by atoms with Crippen molar-refractivity contribution in [1.29, 1.82) is 0 Å². The number of aromatic carboxylic acids is 1. The summed E-state index contributed by atoms with van der Waals surface area (Å²) in [5.74, 6) is -0.890. The monoisotopic (exact) mass is 403 g/mol. The first-order chi connectivity index (χ1) is 14.6. The van der Waals surface area contributed by atoms with E-state index in [1.54, 1.807) is 12.1 Å². The van der Waals surface area contributed by atoms with Gasteiger partial charge in [-0.05, 0) is 59.3 Å². The number of rotatable bonds is 10. The third-order valence-electron chi connectivity index (χ3n) is 5.25. The second-order valence-corrected chi connectivity index (χ2v) is 7.50. The number of benzene rings is 3. The molecule has 0 radical (unpaired) electrons. The van der Waals surface area contributed by atoms with Crippen LogP contribution in [-0.4, -0.2) is 29.3 Å². The van der Waals surface area contributed by atoms with Crippen molar-refractivity contribution in [3.05, 3.63) is 95.1 Å².